The van der Waals surface area contributed by atoms with Crippen molar-refractivity contribution in [1.82, 2.24) is 0 Å². The smallest absolute Gasteiger partial charge is 0.0551 e. The molecule has 17 heavy (non-hydrogen) atoms. The van der Waals surface area contributed by atoms with E-state index in [9.17, 15) is 0 Å². The molecule has 0 nitrogen and oxygen atoms in total. The van der Waals surface area contributed by atoms with Crippen LogP contribution >= 0.6 is 0 Å². The summed E-state index contributed by atoms with van der Waals surface area (Å²) < 4.78 is 0. The van der Waals surface area contributed by atoms with Gasteiger partial charge in [-0.3, -0.25) is 0 Å². The quantitative estimate of drug-likeness (QED) is 0.484. The fraction of sp³-hybridized carbons (Fsp3) is 0.625. The van der Waals surface area contributed by atoms with Crippen LogP contribution in [0.4, 0.5) is 0 Å². The summed E-state index contributed by atoms with van der Waals surface area (Å²) in [6.07, 6.45) is 8.60. The van der Waals surface area contributed by atoms with Gasteiger partial charge in [0.05, 0.1) is 9.52 Å². The summed E-state index contributed by atoms with van der Waals surface area (Å²) in [4.78, 5) is 0. The van der Waals surface area contributed by atoms with Crippen LogP contribution in [-0.4, -0.2) is 9.52 Å². The molecule has 1 aromatic carbocycles. The Morgan fingerprint density at radius 1 is 0.941 bits per heavy atom. The average molecular weight is 248 g/mol. The van der Waals surface area contributed by atoms with E-state index in [0.29, 0.717) is 0 Å². The largest absolute Gasteiger partial charge is 0.0654 e. The van der Waals surface area contributed by atoms with E-state index in [1.54, 1.807) is 10.8 Å². The molecule has 0 aliphatic carbocycles. The average Bonchev–Trinajstić information content (AvgIpc) is 2.33. The highest BCUT2D eigenvalue weighted by Gasteiger charge is 2.00. The molecule has 0 heterocycles. The summed E-state index contributed by atoms with van der Waals surface area (Å²) in [5.41, 5.74) is 3.03. The van der Waals surface area contributed by atoms with E-state index in [-0.39, 0.29) is 9.52 Å². The van der Waals surface area contributed by atoms with Crippen LogP contribution in [0.3, 0.4) is 0 Å². The van der Waals surface area contributed by atoms with Crippen LogP contribution in [0.1, 0.15) is 56.6 Å². The van der Waals surface area contributed by atoms with Crippen molar-refractivity contribution in [2.24, 2.45) is 0 Å². The standard InChI is InChI=1S/C16H28Si/c1-4-5-6-7-8-9-13-17-16-12-10-11-14(2)15(16)3/h10-12H,4-9,13,17H2,1-3H3. The second-order valence-corrected chi connectivity index (χ2v) is 7.20. The lowest BCUT2D eigenvalue weighted by molar-refractivity contribution is 0.624. The maximum atomic E-state index is 2.35. The second-order valence-electron chi connectivity index (χ2n) is 5.23. The van der Waals surface area contributed by atoms with Gasteiger partial charge in [-0.1, -0.05) is 74.9 Å². The molecular formula is C16H28Si. The molecule has 0 spiro atoms. The van der Waals surface area contributed by atoms with Crippen molar-refractivity contribution in [3.05, 3.63) is 29.3 Å². The molecule has 0 fully saturated rings. The topological polar surface area (TPSA) is 0 Å². The fourth-order valence-corrected chi connectivity index (χ4v) is 4.30. The van der Waals surface area contributed by atoms with Gasteiger partial charge in [0.2, 0.25) is 0 Å². The van der Waals surface area contributed by atoms with E-state index in [1.807, 2.05) is 0 Å². The summed E-state index contributed by atoms with van der Waals surface area (Å²) in [5, 5.41) is 1.69. The lowest BCUT2D eigenvalue weighted by Gasteiger charge is -2.07. The van der Waals surface area contributed by atoms with Crippen LogP contribution in [0.2, 0.25) is 6.04 Å². The zero-order valence-corrected chi connectivity index (χ0v) is 13.3. The first-order chi connectivity index (χ1) is 8.25. The molecule has 0 N–H and O–H groups in total. The van der Waals surface area contributed by atoms with Crippen molar-refractivity contribution < 1.29 is 0 Å². The monoisotopic (exact) mass is 248 g/mol. The Morgan fingerprint density at radius 3 is 2.41 bits per heavy atom. The lowest BCUT2D eigenvalue weighted by Crippen LogP contribution is -2.17. The Balaban J connectivity index is 2.16. The van der Waals surface area contributed by atoms with E-state index in [0.717, 1.165) is 0 Å². The van der Waals surface area contributed by atoms with Crippen molar-refractivity contribution in [2.75, 3.05) is 0 Å². The Bertz CT molecular complexity index is 317. The first kappa shape index (κ1) is 14.5. The molecule has 1 rings (SSSR count). The number of hydrogen-bond donors (Lipinski definition) is 0. The Hall–Kier alpha value is -0.563. The molecule has 0 aliphatic heterocycles. The third kappa shape index (κ3) is 5.54. The summed E-state index contributed by atoms with van der Waals surface area (Å²) in [7, 11) is -0.00121. The molecule has 0 unspecified atom stereocenters. The Labute approximate surface area is 110 Å². The molecule has 0 amide bonds. The molecule has 0 saturated heterocycles. The van der Waals surface area contributed by atoms with Gasteiger partial charge in [0.15, 0.2) is 0 Å². The Kier molecular flexibility index (Phi) is 7.26. The minimum atomic E-state index is -0.00121. The van der Waals surface area contributed by atoms with Gasteiger partial charge in [-0.15, -0.1) is 0 Å². The highest BCUT2D eigenvalue weighted by molar-refractivity contribution is 6.54. The summed E-state index contributed by atoms with van der Waals surface area (Å²) in [6.45, 7) is 6.81. The number of rotatable bonds is 8. The van der Waals surface area contributed by atoms with E-state index in [1.165, 1.54) is 50.1 Å². The van der Waals surface area contributed by atoms with Gasteiger partial charge in [-0.2, -0.15) is 0 Å². The third-order valence-corrected chi connectivity index (χ3v) is 5.92. The van der Waals surface area contributed by atoms with Crippen molar-refractivity contribution in [1.29, 1.82) is 0 Å². The molecular weight excluding hydrogens is 220 g/mol. The number of unbranched alkanes of at least 4 members (excludes halogenated alkanes) is 5. The minimum absolute atomic E-state index is 0.00121. The normalized spacial score (nSPS) is 11.5. The first-order valence-corrected chi connectivity index (χ1v) is 9.01. The minimum Gasteiger partial charge on any atom is -0.0654 e. The van der Waals surface area contributed by atoms with Gasteiger partial charge in [0.25, 0.3) is 0 Å². The van der Waals surface area contributed by atoms with Gasteiger partial charge < -0.3 is 0 Å². The summed E-state index contributed by atoms with van der Waals surface area (Å²) in [6, 6.07) is 8.31. The Morgan fingerprint density at radius 2 is 1.65 bits per heavy atom. The van der Waals surface area contributed by atoms with E-state index in [2.05, 4.69) is 39.0 Å². The van der Waals surface area contributed by atoms with Crippen molar-refractivity contribution in [2.45, 2.75) is 65.3 Å². The third-order valence-electron chi connectivity index (χ3n) is 3.77. The second kappa shape index (κ2) is 8.52. The van der Waals surface area contributed by atoms with Gasteiger partial charge >= 0.3 is 0 Å². The molecule has 0 aliphatic rings. The van der Waals surface area contributed by atoms with Crippen LogP contribution in [0.25, 0.3) is 0 Å². The predicted molar refractivity (Wildman–Crippen MR) is 82.3 cm³/mol. The van der Waals surface area contributed by atoms with Crippen LogP contribution in [-0.2, 0) is 0 Å². The van der Waals surface area contributed by atoms with Crippen molar-refractivity contribution in [3.63, 3.8) is 0 Å². The van der Waals surface area contributed by atoms with E-state index in [4.69, 9.17) is 0 Å². The van der Waals surface area contributed by atoms with Gasteiger partial charge in [0, 0.05) is 0 Å². The molecule has 0 aromatic heterocycles. The zero-order valence-electron chi connectivity index (χ0n) is 11.9. The number of hydrogen-bond acceptors (Lipinski definition) is 0. The van der Waals surface area contributed by atoms with Gasteiger partial charge in [0.1, 0.15) is 0 Å². The van der Waals surface area contributed by atoms with Crippen LogP contribution < -0.4 is 5.19 Å². The predicted octanol–water partition coefficient (Wildman–Crippen LogP) is 3.88. The maximum absolute atomic E-state index is 2.35. The van der Waals surface area contributed by atoms with Gasteiger partial charge in [-0.25, -0.2) is 0 Å². The van der Waals surface area contributed by atoms with Crippen LogP contribution in [0, 0.1) is 13.8 Å². The highest BCUT2D eigenvalue weighted by atomic mass is 28.2. The molecule has 1 heteroatoms. The maximum Gasteiger partial charge on any atom is 0.0551 e. The molecule has 0 saturated carbocycles. The van der Waals surface area contributed by atoms with Crippen LogP contribution in [0.15, 0.2) is 18.2 Å². The van der Waals surface area contributed by atoms with Gasteiger partial charge in [-0.05, 0) is 25.0 Å². The fourth-order valence-electron chi connectivity index (χ4n) is 2.36. The van der Waals surface area contributed by atoms with E-state index >= 15 is 0 Å². The molecule has 96 valence electrons. The number of aryl methyl sites for hydroxylation is 1. The summed E-state index contributed by atoms with van der Waals surface area (Å²) in [5.74, 6) is 0. The van der Waals surface area contributed by atoms with E-state index < -0.39 is 0 Å². The zero-order chi connectivity index (χ0) is 12.5. The lowest BCUT2D eigenvalue weighted by atomic mass is 10.1. The molecule has 0 atom stereocenters. The molecule has 0 bridgehead atoms. The molecule has 0 radical (unpaired) electrons. The highest BCUT2D eigenvalue weighted by Crippen LogP contribution is 2.08. The summed E-state index contributed by atoms with van der Waals surface area (Å²) >= 11 is 0. The van der Waals surface area contributed by atoms with Crippen LogP contribution in [0.5, 0.6) is 0 Å². The molecule has 1 aromatic rings. The van der Waals surface area contributed by atoms with Crippen molar-refractivity contribution in [3.8, 4) is 0 Å². The SMILES string of the molecule is CCCCCCCC[SiH2]c1cccc(C)c1C. The first-order valence-electron chi connectivity index (χ1n) is 7.30. The number of benzene rings is 1. The van der Waals surface area contributed by atoms with Crippen molar-refractivity contribution >= 4 is 14.7 Å².